The van der Waals surface area contributed by atoms with Gasteiger partial charge in [0.2, 0.25) is 0 Å². The Balaban J connectivity index is 1.69. The molecule has 1 atom stereocenters. The normalized spacial score (nSPS) is 15.7. The standard InChI is InChI=1S/C29H34BrN3O7/c1-29(2,3)40-28(38)33-12-6-8-19(17-33)14-24(27(37)39-4)32-26(36)22-11-10-20(15-23(22)30)25(35)31-16-18-7-5-9-21(34)13-18/h5,7,9-11,13-15,19,34H,6,8,12,16-17H2,1-4H3,(H,31,35)(H,32,36). The summed E-state index contributed by atoms with van der Waals surface area (Å²) in [4.78, 5) is 52.3. The third-order valence-electron chi connectivity index (χ3n) is 6.00. The SMILES string of the molecule is COC(=O)C(=CC1CCCN(C(=O)OC(C)(C)C)C1)NC(=O)c1ccc(C(=O)NCc2cccc(O)c2)cc1Br. The summed E-state index contributed by atoms with van der Waals surface area (Å²) in [5.41, 5.74) is 0.594. The zero-order valence-corrected chi connectivity index (χ0v) is 24.5. The number of ether oxygens (including phenoxy) is 2. The zero-order valence-electron chi connectivity index (χ0n) is 23.0. The Morgan fingerprint density at radius 2 is 1.88 bits per heavy atom. The molecule has 3 amide bonds. The Morgan fingerprint density at radius 3 is 2.52 bits per heavy atom. The molecule has 0 radical (unpaired) electrons. The number of phenolic OH excluding ortho intramolecular Hbond substituents is 1. The van der Waals surface area contributed by atoms with Crippen LogP contribution in [0.1, 0.15) is 59.9 Å². The number of nitrogens with zero attached hydrogens (tertiary/aromatic N) is 1. The lowest BCUT2D eigenvalue weighted by Gasteiger charge is -2.33. The number of rotatable bonds is 7. The number of aromatic hydroxyl groups is 1. The summed E-state index contributed by atoms with van der Waals surface area (Å²) >= 11 is 3.34. The Hall–Kier alpha value is -3.86. The van der Waals surface area contributed by atoms with Crippen molar-refractivity contribution in [2.45, 2.75) is 45.8 Å². The number of carbonyl (C=O) groups excluding carboxylic acids is 4. The molecular weight excluding hydrogens is 582 g/mol. The highest BCUT2D eigenvalue weighted by atomic mass is 79.9. The summed E-state index contributed by atoms with van der Waals surface area (Å²) in [5, 5.41) is 15.0. The van der Waals surface area contributed by atoms with E-state index in [1.54, 1.807) is 56.0 Å². The number of nitrogens with one attached hydrogen (secondary N) is 2. The van der Waals surface area contributed by atoms with E-state index in [0.717, 1.165) is 5.56 Å². The maximum absolute atomic E-state index is 13.1. The second-order valence-corrected chi connectivity index (χ2v) is 11.3. The Morgan fingerprint density at radius 1 is 1.12 bits per heavy atom. The van der Waals surface area contributed by atoms with Crippen LogP contribution in [0, 0.1) is 5.92 Å². The van der Waals surface area contributed by atoms with Crippen LogP contribution in [0.3, 0.4) is 0 Å². The Kier molecular flexibility index (Phi) is 10.3. The average molecular weight is 617 g/mol. The zero-order chi connectivity index (χ0) is 29.4. The second kappa shape index (κ2) is 13.5. The molecule has 1 aliphatic heterocycles. The van der Waals surface area contributed by atoms with Gasteiger partial charge in [-0.3, -0.25) is 9.59 Å². The van der Waals surface area contributed by atoms with E-state index in [9.17, 15) is 24.3 Å². The number of methoxy groups -OCH3 is 1. The first-order valence-corrected chi connectivity index (χ1v) is 13.6. The lowest BCUT2D eigenvalue weighted by atomic mass is 9.97. The Bertz CT molecular complexity index is 1300. The summed E-state index contributed by atoms with van der Waals surface area (Å²) in [6.07, 6.45) is 2.61. The molecule has 1 heterocycles. The summed E-state index contributed by atoms with van der Waals surface area (Å²) in [6, 6.07) is 11.0. The van der Waals surface area contributed by atoms with Gasteiger partial charge in [-0.25, -0.2) is 9.59 Å². The number of halogens is 1. The van der Waals surface area contributed by atoms with Crippen molar-refractivity contribution in [3.8, 4) is 5.75 Å². The van der Waals surface area contributed by atoms with Gasteiger partial charge in [-0.2, -0.15) is 0 Å². The molecule has 11 heteroatoms. The van der Waals surface area contributed by atoms with Crippen LogP contribution in [0.5, 0.6) is 5.75 Å². The number of hydrogen-bond acceptors (Lipinski definition) is 7. The molecule has 0 bridgehead atoms. The molecule has 40 heavy (non-hydrogen) atoms. The molecule has 2 aromatic carbocycles. The first kappa shape index (κ1) is 30.7. The van der Waals surface area contributed by atoms with Crippen molar-refractivity contribution in [2.75, 3.05) is 20.2 Å². The van der Waals surface area contributed by atoms with Gasteiger partial charge in [0.15, 0.2) is 0 Å². The van der Waals surface area contributed by atoms with Gasteiger partial charge in [-0.1, -0.05) is 12.1 Å². The van der Waals surface area contributed by atoms with Gasteiger partial charge in [0, 0.05) is 29.7 Å². The molecule has 3 N–H and O–H groups in total. The number of amides is 3. The monoisotopic (exact) mass is 615 g/mol. The molecule has 1 saturated heterocycles. The van der Waals surface area contributed by atoms with Crippen molar-refractivity contribution in [3.05, 3.63) is 75.4 Å². The topological polar surface area (TPSA) is 134 Å². The van der Waals surface area contributed by atoms with E-state index in [4.69, 9.17) is 9.47 Å². The Labute approximate surface area is 241 Å². The molecule has 3 rings (SSSR count). The van der Waals surface area contributed by atoms with Crippen LogP contribution in [0.15, 0.2) is 58.7 Å². The number of carbonyl (C=O) groups is 4. The minimum absolute atomic E-state index is 0.0385. The number of benzene rings is 2. The molecule has 2 aromatic rings. The third kappa shape index (κ3) is 8.84. The molecule has 0 saturated carbocycles. The molecule has 1 unspecified atom stereocenters. The quantitative estimate of drug-likeness (QED) is 0.308. The van der Waals surface area contributed by atoms with E-state index in [-0.39, 0.29) is 35.4 Å². The fourth-order valence-electron chi connectivity index (χ4n) is 4.13. The van der Waals surface area contributed by atoms with Gasteiger partial charge in [0.25, 0.3) is 11.8 Å². The van der Waals surface area contributed by atoms with Gasteiger partial charge < -0.3 is 30.1 Å². The minimum Gasteiger partial charge on any atom is -0.508 e. The van der Waals surface area contributed by atoms with Crippen molar-refractivity contribution < 1.29 is 33.8 Å². The summed E-state index contributed by atoms with van der Waals surface area (Å²) in [6.45, 7) is 6.48. The van der Waals surface area contributed by atoms with Gasteiger partial charge in [0.1, 0.15) is 17.0 Å². The van der Waals surface area contributed by atoms with E-state index in [2.05, 4.69) is 26.6 Å². The average Bonchev–Trinajstić information content (AvgIpc) is 2.90. The van der Waals surface area contributed by atoms with E-state index < -0.39 is 23.6 Å². The molecule has 214 valence electrons. The highest BCUT2D eigenvalue weighted by molar-refractivity contribution is 9.10. The fourth-order valence-corrected chi connectivity index (χ4v) is 4.68. The summed E-state index contributed by atoms with van der Waals surface area (Å²) in [5.74, 6) is -1.75. The predicted octanol–water partition coefficient (Wildman–Crippen LogP) is 4.52. The van der Waals surface area contributed by atoms with Crippen molar-refractivity contribution in [3.63, 3.8) is 0 Å². The highest BCUT2D eigenvalue weighted by Gasteiger charge is 2.28. The van der Waals surface area contributed by atoms with E-state index >= 15 is 0 Å². The number of hydrogen-bond donors (Lipinski definition) is 3. The molecule has 0 aromatic heterocycles. The lowest BCUT2D eigenvalue weighted by Crippen LogP contribution is -2.43. The molecule has 0 aliphatic carbocycles. The molecule has 10 nitrogen and oxygen atoms in total. The van der Waals surface area contributed by atoms with Gasteiger partial charge in [-0.15, -0.1) is 0 Å². The molecule has 0 spiro atoms. The number of piperidine rings is 1. The molecule has 1 fully saturated rings. The fraction of sp³-hybridized carbons (Fsp3) is 0.379. The molecular formula is C29H34BrN3O7. The number of esters is 1. The number of likely N-dealkylation sites (tertiary alicyclic amines) is 1. The predicted molar refractivity (Wildman–Crippen MR) is 152 cm³/mol. The van der Waals surface area contributed by atoms with Crippen LogP contribution in [0.4, 0.5) is 4.79 Å². The van der Waals surface area contributed by atoms with Crippen LogP contribution < -0.4 is 10.6 Å². The van der Waals surface area contributed by atoms with Crippen LogP contribution in [0.2, 0.25) is 0 Å². The summed E-state index contributed by atoms with van der Waals surface area (Å²) in [7, 11) is 1.22. The van der Waals surface area contributed by atoms with Crippen molar-refractivity contribution >= 4 is 39.8 Å². The van der Waals surface area contributed by atoms with Crippen LogP contribution in [0.25, 0.3) is 0 Å². The summed E-state index contributed by atoms with van der Waals surface area (Å²) < 4.78 is 10.7. The maximum Gasteiger partial charge on any atom is 0.410 e. The van der Waals surface area contributed by atoms with Gasteiger partial charge in [0.05, 0.1) is 12.7 Å². The number of phenols is 1. The minimum atomic E-state index is -0.721. The largest absolute Gasteiger partial charge is 0.508 e. The van der Waals surface area contributed by atoms with Crippen molar-refractivity contribution in [2.24, 2.45) is 5.92 Å². The third-order valence-corrected chi connectivity index (χ3v) is 6.66. The van der Waals surface area contributed by atoms with E-state index in [1.807, 2.05) is 0 Å². The first-order valence-electron chi connectivity index (χ1n) is 12.8. The van der Waals surface area contributed by atoms with Crippen LogP contribution in [-0.2, 0) is 20.8 Å². The second-order valence-electron chi connectivity index (χ2n) is 10.4. The van der Waals surface area contributed by atoms with Gasteiger partial charge in [-0.05, 0) is 97.4 Å². The first-order chi connectivity index (χ1) is 18.9. The van der Waals surface area contributed by atoms with Crippen molar-refractivity contribution in [1.29, 1.82) is 0 Å². The smallest absolute Gasteiger partial charge is 0.410 e. The molecule has 1 aliphatic rings. The van der Waals surface area contributed by atoms with E-state index in [0.29, 0.717) is 36.0 Å². The van der Waals surface area contributed by atoms with Crippen LogP contribution in [-0.4, -0.2) is 59.7 Å². The van der Waals surface area contributed by atoms with Crippen LogP contribution >= 0.6 is 15.9 Å². The maximum atomic E-state index is 13.1. The van der Waals surface area contributed by atoms with Gasteiger partial charge >= 0.3 is 12.1 Å². The highest BCUT2D eigenvalue weighted by Crippen LogP contribution is 2.23. The van der Waals surface area contributed by atoms with E-state index in [1.165, 1.54) is 25.3 Å². The lowest BCUT2D eigenvalue weighted by molar-refractivity contribution is -0.136. The van der Waals surface area contributed by atoms with Crippen molar-refractivity contribution in [1.82, 2.24) is 15.5 Å².